The lowest BCUT2D eigenvalue weighted by Crippen LogP contribution is -2.35. The van der Waals surface area contributed by atoms with Crippen LogP contribution in [0.5, 0.6) is 0 Å². The molecule has 0 spiro atoms. The van der Waals surface area contributed by atoms with Crippen LogP contribution in [-0.2, 0) is 0 Å². The topological polar surface area (TPSA) is 41.3 Å². The molecule has 0 saturated carbocycles. The Labute approximate surface area is 82.7 Å². The predicted octanol–water partition coefficient (Wildman–Crippen LogP) is 0.369. The Morgan fingerprint density at radius 1 is 1.31 bits per heavy atom. The first kappa shape index (κ1) is 12.9. The lowest BCUT2D eigenvalue weighted by Gasteiger charge is -2.20. The predicted molar refractivity (Wildman–Crippen MR) is 58.8 cm³/mol. The molecule has 0 aliphatic heterocycles. The summed E-state index contributed by atoms with van der Waals surface area (Å²) in [6.45, 7) is 8.43. The van der Waals surface area contributed by atoms with E-state index in [4.69, 9.17) is 5.73 Å². The summed E-state index contributed by atoms with van der Waals surface area (Å²) in [5, 5.41) is 3.43. The Morgan fingerprint density at radius 3 is 2.31 bits per heavy atom. The first-order valence-corrected chi connectivity index (χ1v) is 5.13. The number of nitrogens with two attached hydrogens (primary N) is 1. The van der Waals surface area contributed by atoms with Crippen LogP contribution in [0.2, 0.25) is 0 Å². The maximum absolute atomic E-state index is 5.67. The summed E-state index contributed by atoms with van der Waals surface area (Å²) in [7, 11) is 4.18. The molecule has 0 aliphatic carbocycles. The molecule has 0 aromatic carbocycles. The number of hydrogen-bond donors (Lipinski definition) is 2. The Hall–Kier alpha value is -0.120. The third-order valence-corrected chi connectivity index (χ3v) is 2.39. The van der Waals surface area contributed by atoms with Crippen molar-refractivity contribution >= 4 is 0 Å². The minimum atomic E-state index is 0.613. The van der Waals surface area contributed by atoms with Crippen molar-refractivity contribution in [1.29, 1.82) is 0 Å². The van der Waals surface area contributed by atoms with Crippen LogP contribution in [0, 0.1) is 11.8 Å². The molecule has 0 aromatic heterocycles. The summed E-state index contributed by atoms with van der Waals surface area (Å²) in [6.07, 6.45) is 0. The van der Waals surface area contributed by atoms with Crippen molar-refractivity contribution < 1.29 is 0 Å². The lowest BCUT2D eigenvalue weighted by molar-refractivity contribution is 0.349. The average Bonchev–Trinajstić information content (AvgIpc) is 2.03. The van der Waals surface area contributed by atoms with Gasteiger partial charge in [0.15, 0.2) is 0 Å². The van der Waals surface area contributed by atoms with Crippen LogP contribution in [0.4, 0.5) is 0 Å². The first-order chi connectivity index (χ1) is 6.07. The van der Waals surface area contributed by atoms with Gasteiger partial charge in [0, 0.05) is 13.1 Å². The van der Waals surface area contributed by atoms with E-state index < -0.39 is 0 Å². The molecule has 1 unspecified atom stereocenters. The van der Waals surface area contributed by atoms with E-state index >= 15 is 0 Å². The van der Waals surface area contributed by atoms with E-state index in [1.165, 1.54) is 0 Å². The third kappa shape index (κ3) is 6.99. The second kappa shape index (κ2) is 7.30. The smallest absolute Gasteiger partial charge is 0.0101 e. The maximum atomic E-state index is 5.67. The molecule has 1 atom stereocenters. The normalized spacial score (nSPS) is 14.1. The molecule has 0 heterocycles. The molecule has 0 fully saturated rings. The van der Waals surface area contributed by atoms with Gasteiger partial charge in [-0.3, -0.25) is 0 Å². The molecular formula is C10H25N3. The molecule has 3 heteroatoms. The van der Waals surface area contributed by atoms with Crippen LogP contribution < -0.4 is 11.1 Å². The van der Waals surface area contributed by atoms with Gasteiger partial charge in [0.25, 0.3) is 0 Å². The van der Waals surface area contributed by atoms with Crippen LogP contribution in [0.25, 0.3) is 0 Å². The number of likely N-dealkylation sites (N-methyl/N-ethyl adjacent to an activating group) is 1. The summed E-state index contributed by atoms with van der Waals surface area (Å²) in [4.78, 5) is 2.18. The Balaban J connectivity index is 3.39. The fourth-order valence-electron chi connectivity index (χ4n) is 1.18. The molecule has 0 aliphatic rings. The summed E-state index contributed by atoms with van der Waals surface area (Å²) < 4.78 is 0. The van der Waals surface area contributed by atoms with Crippen LogP contribution in [0.3, 0.4) is 0 Å². The molecule has 0 rings (SSSR count). The number of nitrogens with one attached hydrogen (secondary N) is 1. The number of nitrogens with zero attached hydrogens (tertiary/aromatic N) is 1. The van der Waals surface area contributed by atoms with Crippen molar-refractivity contribution in [3.05, 3.63) is 0 Å². The highest BCUT2D eigenvalue weighted by Crippen LogP contribution is 2.06. The van der Waals surface area contributed by atoms with Gasteiger partial charge in [-0.1, -0.05) is 13.8 Å². The summed E-state index contributed by atoms with van der Waals surface area (Å²) >= 11 is 0. The molecule has 13 heavy (non-hydrogen) atoms. The van der Waals surface area contributed by atoms with Crippen molar-refractivity contribution in [1.82, 2.24) is 10.2 Å². The molecule has 0 bridgehead atoms. The summed E-state index contributed by atoms with van der Waals surface area (Å²) in [6, 6.07) is 0. The van der Waals surface area contributed by atoms with E-state index in [1.54, 1.807) is 0 Å². The highest BCUT2D eigenvalue weighted by atomic mass is 15.1. The van der Waals surface area contributed by atoms with E-state index in [2.05, 4.69) is 38.2 Å². The zero-order valence-corrected chi connectivity index (χ0v) is 9.51. The highest BCUT2D eigenvalue weighted by Gasteiger charge is 2.09. The van der Waals surface area contributed by atoms with Gasteiger partial charge in [0.2, 0.25) is 0 Å². The van der Waals surface area contributed by atoms with Gasteiger partial charge in [-0.05, 0) is 39.0 Å². The zero-order valence-electron chi connectivity index (χ0n) is 9.51. The molecule has 3 nitrogen and oxygen atoms in total. The molecule has 80 valence electrons. The van der Waals surface area contributed by atoms with E-state index in [0.717, 1.165) is 26.2 Å². The standard InChI is InChI=1S/C10H25N3/c1-9(2)10(7-11)8-12-5-6-13(3)4/h9-10,12H,5-8,11H2,1-4H3. The average molecular weight is 187 g/mol. The Kier molecular flexibility index (Phi) is 7.23. The fourth-order valence-corrected chi connectivity index (χ4v) is 1.18. The van der Waals surface area contributed by atoms with Gasteiger partial charge in [-0.15, -0.1) is 0 Å². The van der Waals surface area contributed by atoms with Gasteiger partial charge in [-0.2, -0.15) is 0 Å². The lowest BCUT2D eigenvalue weighted by atomic mass is 9.96. The van der Waals surface area contributed by atoms with Gasteiger partial charge < -0.3 is 16.0 Å². The number of hydrogen-bond acceptors (Lipinski definition) is 3. The molecule has 0 radical (unpaired) electrons. The second-order valence-corrected chi connectivity index (χ2v) is 4.25. The summed E-state index contributed by atoms with van der Waals surface area (Å²) in [5.74, 6) is 1.29. The Bertz CT molecular complexity index is 113. The SMILES string of the molecule is CC(C)C(CN)CNCCN(C)C. The molecule has 0 saturated heterocycles. The second-order valence-electron chi connectivity index (χ2n) is 4.25. The van der Waals surface area contributed by atoms with Crippen LogP contribution in [0.15, 0.2) is 0 Å². The quantitative estimate of drug-likeness (QED) is 0.566. The first-order valence-electron chi connectivity index (χ1n) is 5.13. The highest BCUT2D eigenvalue weighted by molar-refractivity contribution is 4.66. The van der Waals surface area contributed by atoms with Crippen molar-refractivity contribution in [3.8, 4) is 0 Å². The number of rotatable bonds is 7. The van der Waals surface area contributed by atoms with Gasteiger partial charge in [0.05, 0.1) is 0 Å². The van der Waals surface area contributed by atoms with Crippen molar-refractivity contribution in [3.63, 3.8) is 0 Å². The van der Waals surface area contributed by atoms with E-state index in [-0.39, 0.29) is 0 Å². The maximum Gasteiger partial charge on any atom is 0.0101 e. The summed E-state index contributed by atoms with van der Waals surface area (Å²) in [5.41, 5.74) is 5.67. The van der Waals surface area contributed by atoms with Gasteiger partial charge in [0.1, 0.15) is 0 Å². The van der Waals surface area contributed by atoms with E-state index in [0.29, 0.717) is 11.8 Å². The minimum absolute atomic E-state index is 0.613. The molecule has 3 N–H and O–H groups in total. The van der Waals surface area contributed by atoms with Crippen molar-refractivity contribution in [2.45, 2.75) is 13.8 Å². The monoisotopic (exact) mass is 187 g/mol. The van der Waals surface area contributed by atoms with Crippen LogP contribution >= 0.6 is 0 Å². The van der Waals surface area contributed by atoms with Crippen LogP contribution in [-0.4, -0.2) is 45.2 Å². The van der Waals surface area contributed by atoms with Gasteiger partial charge in [-0.25, -0.2) is 0 Å². The van der Waals surface area contributed by atoms with Crippen molar-refractivity contribution in [2.24, 2.45) is 17.6 Å². The van der Waals surface area contributed by atoms with Crippen molar-refractivity contribution in [2.75, 3.05) is 40.3 Å². The molecule has 0 amide bonds. The van der Waals surface area contributed by atoms with E-state index in [9.17, 15) is 0 Å². The van der Waals surface area contributed by atoms with Gasteiger partial charge >= 0.3 is 0 Å². The molecular weight excluding hydrogens is 162 g/mol. The van der Waals surface area contributed by atoms with E-state index in [1.807, 2.05) is 0 Å². The minimum Gasteiger partial charge on any atom is -0.330 e. The Morgan fingerprint density at radius 2 is 1.92 bits per heavy atom. The van der Waals surface area contributed by atoms with Crippen LogP contribution in [0.1, 0.15) is 13.8 Å². The zero-order chi connectivity index (χ0) is 10.3. The largest absolute Gasteiger partial charge is 0.330 e. The molecule has 0 aromatic rings. The fraction of sp³-hybridized carbons (Fsp3) is 1.00. The third-order valence-electron chi connectivity index (χ3n) is 2.39.